The molecule has 44 heavy (non-hydrogen) atoms. The maximum absolute atomic E-state index is 14.0. The minimum atomic E-state index is -1.20. The summed E-state index contributed by atoms with van der Waals surface area (Å²) >= 11 is 0. The molecule has 3 aromatic rings. The van der Waals surface area contributed by atoms with Gasteiger partial charge in [-0.2, -0.15) is 0 Å². The van der Waals surface area contributed by atoms with Gasteiger partial charge in [0.15, 0.2) is 11.5 Å². The molecule has 0 spiro atoms. The van der Waals surface area contributed by atoms with Crippen LogP contribution in [-0.2, 0) is 29.0 Å². The zero-order valence-corrected chi connectivity index (χ0v) is 24.8. The summed E-state index contributed by atoms with van der Waals surface area (Å²) in [5.41, 5.74) is 3.23. The quantitative estimate of drug-likeness (QED) is 0.248. The van der Waals surface area contributed by atoms with Crippen LogP contribution in [-0.4, -0.2) is 84.2 Å². The van der Waals surface area contributed by atoms with E-state index in [0.29, 0.717) is 40.4 Å². The number of ether oxygens (including phenoxy) is 3. The fourth-order valence-electron chi connectivity index (χ4n) is 6.01. The number of amides is 2. The summed E-state index contributed by atoms with van der Waals surface area (Å²) in [5, 5.41) is 33.9. The molecule has 10 heteroatoms. The maximum atomic E-state index is 14.0. The third-order valence-corrected chi connectivity index (χ3v) is 8.15. The van der Waals surface area contributed by atoms with Crippen molar-refractivity contribution in [3.8, 4) is 17.2 Å². The number of aliphatic hydroxyl groups excluding tert-OH is 3. The van der Waals surface area contributed by atoms with Gasteiger partial charge in [-0.05, 0) is 53.5 Å². The number of carbonyl (C=O) groups excluding carboxylic acids is 2. The predicted molar refractivity (Wildman–Crippen MR) is 163 cm³/mol. The van der Waals surface area contributed by atoms with Gasteiger partial charge in [0, 0.05) is 24.2 Å². The highest BCUT2D eigenvalue weighted by Gasteiger charge is 2.51. The number of rotatable bonds is 12. The van der Waals surface area contributed by atoms with E-state index in [1.54, 1.807) is 30.2 Å². The van der Waals surface area contributed by atoms with Crippen molar-refractivity contribution in [2.45, 2.75) is 43.6 Å². The van der Waals surface area contributed by atoms with Crippen molar-refractivity contribution in [1.82, 2.24) is 10.2 Å². The number of fused-ring (bicyclic) bond motifs is 3. The molecule has 1 aliphatic heterocycles. The molecule has 232 valence electrons. The van der Waals surface area contributed by atoms with Crippen LogP contribution in [0, 0.1) is 0 Å². The van der Waals surface area contributed by atoms with Gasteiger partial charge in [-0.3, -0.25) is 9.59 Å². The first kappa shape index (κ1) is 31.1. The van der Waals surface area contributed by atoms with Crippen molar-refractivity contribution in [2.75, 3.05) is 33.9 Å². The van der Waals surface area contributed by atoms with Gasteiger partial charge in [0.1, 0.15) is 18.0 Å². The van der Waals surface area contributed by atoms with Gasteiger partial charge in [0.05, 0.1) is 45.8 Å². The molecule has 0 bridgehead atoms. The van der Waals surface area contributed by atoms with Crippen LogP contribution in [0.25, 0.3) is 0 Å². The van der Waals surface area contributed by atoms with E-state index in [2.05, 4.69) is 5.32 Å². The lowest BCUT2D eigenvalue weighted by atomic mass is 9.77. The number of hydrogen-bond acceptors (Lipinski definition) is 8. The molecule has 0 saturated carbocycles. The molecule has 0 aromatic heterocycles. The number of benzene rings is 3. The number of methoxy groups -OCH3 is 2. The Hall–Kier alpha value is -4.38. The molecule has 3 aromatic carbocycles. The van der Waals surface area contributed by atoms with Gasteiger partial charge >= 0.3 is 0 Å². The molecule has 0 fully saturated rings. The molecular formula is C34H38N2O8. The average Bonchev–Trinajstić information content (AvgIpc) is 3.44. The number of carbonyl (C=O) groups is 2. The van der Waals surface area contributed by atoms with Gasteiger partial charge in [0.25, 0.3) is 0 Å². The van der Waals surface area contributed by atoms with E-state index in [0.717, 1.165) is 11.1 Å². The van der Waals surface area contributed by atoms with Crippen LogP contribution in [0.2, 0.25) is 0 Å². The summed E-state index contributed by atoms with van der Waals surface area (Å²) in [4.78, 5) is 29.2. The van der Waals surface area contributed by atoms with Crippen LogP contribution in [0.15, 0.2) is 78.4 Å². The van der Waals surface area contributed by atoms with Crippen molar-refractivity contribution in [3.63, 3.8) is 0 Å². The Morgan fingerprint density at radius 1 is 0.955 bits per heavy atom. The van der Waals surface area contributed by atoms with Crippen LogP contribution in [0.5, 0.6) is 17.2 Å². The zero-order chi connectivity index (χ0) is 31.2. The van der Waals surface area contributed by atoms with Crippen molar-refractivity contribution in [3.05, 3.63) is 101 Å². The van der Waals surface area contributed by atoms with Crippen molar-refractivity contribution < 1.29 is 39.1 Å². The zero-order valence-electron chi connectivity index (χ0n) is 24.8. The SMILES string of the molecule is COc1cccc(CCN(C(=O)Cc2ccccc2)C2C=C(C(=O)NCCO)C3c4cc(CO)cc(OC)c4OC3C2O)c1. The molecule has 5 rings (SSSR count). The molecule has 4 unspecified atom stereocenters. The Morgan fingerprint density at radius 2 is 1.73 bits per heavy atom. The van der Waals surface area contributed by atoms with Crippen LogP contribution in [0.4, 0.5) is 0 Å². The highest BCUT2D eigenvalue weighted by Crippen LogP contribution is 2.51. The van der Waals surface area contributed by atoms with Crippen molar-refractivity contribution in [1.29, 1.82) is 0 Å². The lowest BCUT2D eigenvalue weighted by Gasteiger charge is -2.41. The second kappa shape index (κ2) is 13.9. The van der Waals surface area contributed by atoms with E-state index < -0.39 is 30.1 Å². The predicted octanol–water partition coefficient (Wildman–Crippen LogP) is 2.13. The maximum Gasteiger partial charge on any atom is 0.247 e. The van der Waals surface area contributed by atoms with Gasteiger partial charge in [0.2, 0.25) is 11.8 Å². The Bertz CT molecular complexity index is 1510. The first-order chi connectivity index (χ1) is 21.4. The van der Waals surface area contributed by atoms with E-state index in [9.17, 15) is 24.9 Å². The largest absolute Gasteiger partial charge is 0.497 e. The van der Waals surface area contributed by atoms with Gasteiger partial charge in [-0.15, -0.1) is 0 Å². The fourth-order valence-corrected chi connectivity index (χ4v) is 6.01. The molecule has 0 saturated heterocycles. The third kappa shape index (κ3) is 6.42. The number of nitrogens with zero attached hydrogens (tertiary/aromatic N) is 1. The number of hydrogen-bond donors (Lipinski definition) is 4. The van der Waals surface area contributed by atoms with E-state index >= 15 is 0 Å². The Labute approximate surface area is 256 Å². The second-order valence-electron chi connectivity index (χ2n) is 10.9. The lowest BCUT2D eigenvalue weighted by Crippen LogP contribution is -2.56. The summed E-state index contributed by atoms with van der Waals surface area (Å²) in [7, 11) is 3.07. The van der Waals surface area contributed by atoms with Crippen LogP contribution in [0.3, 0.4) is 0 Å². The fraction of sp³-hybridized carbons (Fsp3) is 0.353. The van der Waals surface area contributed by atoms with Crippen molar-refractivity contribution in [2.24, 2.45) is 0 Å². The third-order valence-electron chi connectivity index (χ3n) is 8.15. The molecule has 10 nitrogen and oxygen atoms in total. The van der Waals surface area contributed by atoms with Crippen LogP contribution in [0.1, 0.15) is 28.2 Å². The Balaban J connectivity index is 1.55. The highest BCUT2D eigenvalue weighted by molar-refractivity contribution is 5.96. The Kier molecular flexibility index (Phi) is 9.84. The van der Waals surface area contributed by atoms with Crippen molar-refractivity contribution >= 4 is 11.8 Å². The van der Waals surface area contributed by atoms with E-state index in [1.165, 1.54) is 7.11 Å². The second-order valence-corrected chi connectivity index (χ2v) is 10.9. The molecule has 4 N–H and O–H groups in total. The highest BCUT2D eigenvalue weighted by atomic mass is 16.5. The summed E-state index contributed by atoms with van der Waals surface area (Å²) in [6.07, 6.45) is 0.105. The minimum absolute atomic E-state index is 0.0288. The monoisotopic (exact) mass is 602 g/mol. The van der Waals surface area contributed by atoms with Gasteiger partial charge in [-0.1, -0.05) is 42.5 Å². The smallest absolute Gasteiger partial charge is 0.247 e. The normalized spacial score (nSPS) is 20.1. The standard InChI is InChI=1S/C34H38N2O8/c1-42-24-10-6-9-22(15-24)11-13-36(29(39)18-21-7-4-3-5-8-21)27-19-26(34(41)35-12-14-37)30-25-16-23(20-38)17-28(43-2)32(25)44-33(30)31(27)40/h3-10,15-17,19,27,30-31,33,37-38,40H,11-14,18,20H2,1-2H3,(H,35,41). The topological polar surface area (TPSA) is 138 Å². The molecule has 2 aliphatic rings. The number of nitrogens with one attached hydrogen (secondary N) is 1. The Morgan fingerprint density at radius 3 is 2.43 bits per heavy atom. The molecule has 1 aliphatic carbocycles. The average molecular weight is 603 g/mol. The van der Waals surface area contributed by atoms with Gasteiger partial charge < -0.3 is 39.7 Å². The van der Waals surface area contributed by atoms with E-state index in [-0.39, 0.29) is 38.6 Å². The molecular weight excluding hydrogens is 564 g/mol. The minimum Gasteiger partial charge on any atom is -0.497 e. The van der Waals surface area contributed by atoms with E-state index in [1.807, 2.05) is 54.6 Å². The first-order valence-corrected chi connectivity index (χ1v) is 14.6. The summed E-state index contributed by atoms with van der Waals surface area (Å²) in [6, 6.07) is 19.4. The molecule has 2 amide bonds. The van der Waals surface area contributed by atoms with Crippen LogP contribution < -0.4 is 19.5 Å². The molecule has 4 atom stereocenters. The summed E-state index contributed by atoms with van der Waals surface area (Å²) in [5.74, 6) is 0.0809. The van der Waals surface area contributed by atoms with Gasteiger partial charge in [-0.25, -0.2) is 0 Å². The molecule has 1 heterocycles. The lowest BCUT2D eigenvalue weighted by molar-refractivity contribution is -0.136. The number of aliphatic hydroxyl groups is 3. The van der Waals surface area contributed by atoms with E-state index in [4.69, 9.17) is 14.2 Å². The molecule has 0 radical (unpaired) electrons. The van der Waals surface area contributed by atoms with Crippen LogP contribution >= 0.6 is 0 Å². The first-order valence-electron chi connectivity index (χ1n) is 14.6. The summed E-state index contributed by atoms with van der Waals surface area (Å²) < 4.78 is 17.2. The summed E-state index contributed by atoms with van der Waals surface area (Å²) in [6.45, 7) is -0.225.